The van der Waals surface area contributed by atoms with Gasteiger partial charge in [0, 0.05) is 13.0 Å². The van der Waals surface area contributed by atoms with Crippen LogP contribution in [0.15, 0.2) is 12.2 Å². The minimum absolute atomic E-state index is 0.0893. The van der Waals surface area contributed by atoms with E-state index in [9.17, 15) is 14.3 Å². The molecule has 0 aliphatic carbocycles. The van der Waals surface area contributed by atoms with Crippen molar-refractivity contribution in [2.75, 3.05) is 54.1 Å². The molecule has 0 bridgehead atoms. The Hall–Kier alpha value is -0.760. The van der Waals surface area contributed by atoms with E-state index in [1.54, 1.807) is 0 Å². The van der Waals surface area contributed by atoms with Crippen molar-refractivity contribution < 1.29 is 37.3 Å². The summed E-state index contributed by atoms with van der Waals surface area (Å²) < 4.78 is 34.6. The van der Waals surface area contributed by atoms with Gasteiger partial charge in [0.15, 0.2) is 0 Å². The maximum absolute atomic E-state index is 12.5. The summed E-state index contributed by atoms with van der Waals surface area (Å²) in [6.07, 6.45) is 28.1. The topological polar surface area (TPSA) is 91.3 Å². The van der Waals surface area contributed by atoms with Gasteiger partial charge in [0.05, 0.1) is 34.4 Å². The number of allylic oxidation sites excluding steroid dienone is 2. The van der Waals surface area contributed by atoms with E-state index in [2.05, 4.69) is 26.0 Å². The number of carbonyl (C=O) groups is 1. The Morgan fingerprint density at radius 2 is 1.18 bits per heavy atom. The molecular formula is C35H71NO7P+. The summed E-state index contributed by atoms with van der Waals surface area (Å²) in [7, 11) is 1.66. The van der Waals surface area contributed by atoms with E-state index in [-0.39, 0.29) is 25.8 Å². The molecule has 0 rings (SSSR count). The monoisotopic (exact) mass is 648 g/mol. The van der Waals surface area contributed by atoms with E-state index in [1.165, 1.54) is 89.9 Å². The van der Waals surface area contributed by atoms with E-state index in [0.717, 1.165) is 38.5 Å². The molecule has 8 nitrogen and oxygen atoms in total. The first-order valence-corrected chi connectivity index (χ1v) is 19.4. The predicted octanol–water partition coefficient (Wildman–Crippen LogP) is 9.54. The van der Waals surface area contributed by atoms with Gasteiger partial charge in [0.25, 0.3) is 0 Å². The highest BCUT2D eigenvalue weighted by Gasteiger charge is 2.26. The van der Waals surface area contributed by atoms with Crippen molar-refractivity contribution in [1.29, 1.82) is 0 Å². The number of phosphoric acid groups is 1. The van der Waals surface area contributed by atoms with Gasteiger partial charge in [0.1, 0.15) is 19.3 Å². The maximum Gasteiger partial charge on any atom is 0.472 e. The summed E-state index contributed by atoms with van der Waals surface area (Å²) in [5.41, 5.74) is 0. The van der Waals surface area contributed by atoms with Crippen molar-refractivity contribution in [3.8, 4) is 0 Å². The number of phosphoric ester groups is 1. The lowest BCUT2D eigenvalue weighted by molar-refractivity contribution is -0.870. The molecule has 0 amide bonds. The molecule has 0 saturated carbocycles. The van der Waals surface area contributed by atoms with E-state index < -0.39 is 13.9 Å². The highest BCUT2D eigenvalue weighted by Crippen LogP contribution is 2.43. The summed E-state index contributed by atoms with van der Waals surface area (Å²) in [6, 6.07) is 0. The van der Waals surface area contributed by atoms with Crippen LogP contribution < -0.4 is 0 Å². The molecule has 2 unspecified atom stereocenters. The zero-order valence-electron chi connectivity index (χ0n) is 29.4. The predicted molar refractivity (Wildman–Crippen MR) is 183 cm³/mol. The molecule has 0 aromatic rings. The Bertz CT molecular complexity index is 726. The van der Waals surface area contributed by atoms with Crippen LogP contribution in [0.4, 0.5) is 0 Å². The normalized spacial score (nSPS) is 14.2. The molecule has 0 aliphatic heterocycles. The lowest BCUT2D eigenvalue weighted by Crippen LogP contribution is -2.37. The van der Waals surface area contributed by atoms with Crippen LogP contribution in [0, 0.1) is 0 Å². The SMILES string of the molecule is CCCCCCCC/C=C\CCCCCCCC(=O)OC(COCCCCCCCCC)COP(=O)(O)OCC[N+](C)(C)C. The third-order valence-corrected chi connectivity index (χ3v) is 8.56. The highest BCUT2D eigenvalue weighted by molar-refractivity contribution is 7.47. The third-order valence-electron chi connectivity index (χ3n) is 7.58. The van der Waals surface area contributed by atoms with Gasteiger partial charge in [-0.15, -0.1) is 0 Å². The molecule has 0 spiro atoms. The number of unbranched alkanes of at least 4 members (excludes halogenated alkanes) is 17. The minimum Gasteiger partial charge on any atom is -0.457 e. The molecule has 0 aromatic carbocycles. The summed E-state index contributed by atoms with van der Waals surface area (Å²) in [6.45, 7) is 5.57. The summed E-state index contributed by atoms with van der Waals surface area (Å²) >= 11 is 0. The third kappa shape index (κ3) is 32.6. The second-order valence-electron chi connectivity index (χ2n) is 13.3. The zero-order valence-corrected chi connectivity index (χ0v) is 30.3. The molecule has 0 radical (unpaired) electrons. The number of likely N-dealkylation sites (N-methyl/N-ethyl adjacent to an activating group) is 1. The van der Waals surface area contributed by atoms with Crippen LogP contribution in [-0.4, -0.2) is 75.6 Å². The number of nitrogens with zero attached hydrogens (tertiary/aromatic N) is 1. The average Bonchev–Trinajstić information content (AvgIpc) is 2.96. The Morgan fingerprint density at radius 1 is 0.682 bits per heavy atom. The number of rotatable bonds is 33. The molecule has 0 aliphatic rings. The molecule has 0 aromatic heterocycles. The van der Waals surface area contributed by atoms with Crippen LogP contribution in [0.3, 0.4) is 0 Å². The van der Waals surface area contributed by atoms with E-state index in [0.29, 0.717) is 24.1 Å². The zero-order chi connectivity index (χ0) is 32.8. The van der Waals surface area contributed by atoms with Gasteiger partial charge in [0.2, 0.25) is 0 Å². The van der Waals surface area contributed by atoms with Crippen molar-refractivity contribution in [3.63, 3.8) is 0 Å². The number of quaternary nitrogens is 1. The standard InChI is InChI=1S/C35H70NO7P/c1-6-8-10-12-14-15-16-17-18-19-20-21-22-24-26-28-35(37)43-34(32-40-30-27-25-23-13-11-9-7-2)33-42-44(38,39)41-31-29-36(3,4)5/h17-18,34H,6-16,19-33H2,1-5H3/p+1/b18-17-. The van der Waals surface area contributed by atoms with Crippen molar-refractivity contribution in [2.24, 2.45) is 0 Å². The number of esters is 1. The second kappa shape index (κ2) is 29.6. The number of ether oxygens (including phenoxy) is 2. The smallest absolute Gasteiger partial charge is 0.457 e. The minimum atomic E-state index is -4.25. The molecule has 0 fully saturated rings. The Balaban J connectivity index is 4.27. The molecule has 0 heterocycles. The molecule has 262 valence electrons. The first-order chi connectivity index (χ1) is 21.1. The van der Waals surface area contributed by atoms with Crippen molar-refractivity contribution in [2.45, 2.75) is 155 Å². The molecule has 9 heteroatoms. The van der Waals surface area contributed by atoms with Crippen LogP contribution in [0.2, 0.25) is 0 Å². The van der Waals surface area contributed by atoms with Gasteiger partial charge in [-0.25, -0.2) is 4.57 Å². The number of carbonyl (C=O) groups excluding carboxylic acids is 1. The van der Waals surface area contributed by atoms with Crippen LogP contribution in [0.25, 0.3) is 0 Å². The number of hydrogen-bond acceptors (Lipinski definition) is 6. The summed E-state index contributed by atoms with van der Waals surface area (Å²) in [5.74, 6) is -0.325. The van der Waals surface area contributed by atoms with Gasteiger partial charge in [-0.3, -0.25) is 13.8 Å². The van der Waals surface area contributed by atoms with Gasteiger partial charge in [-0.2, -0.15) is 0 Å². The lowest BCUT2D eigenvalue weighted by Gasteiger charge is -2.24. The first kappa shape index (κ1) is 43.2. The molecule has 44 heavy (non-hydrogen) atoms. The van der Waals surface area contributed by atoms with Crippen molar-refractivity contribution in [3.05, 3.63) is 12.2 Å². The van der Waals surface area contributed by atoms with Gasteiger partial charge < -0.3 is 18.9 Å². The molecule has 0 saturated heterocycles. The summed E-state index contributed by atoms with van der Waals surface area (Å²) in [4.78, 5) is 22.6. The molecule has 2 atom stereocenters. The van der Waals surface area contributed by atoms with Gasteiger partial charge in [-0.1, -0.05) is 116 Å². The Kier molecular flexibility index (Phi) is 29.1. The molecule has 1 N–H and O–H groups in total. The van der Waals surface area contributed by atoms with Gasteiger partial charge >= 0.3 is 13.8 Å². The quantitative estimate of drug-likeness (QED) is 0.0249. The van der Waals surface area contributed by atoms with Gasteiger partial charge in [-0.05, 0) is 38.5 Å². The largest absolute Gasteiger partial charge is 0.472 e. The fourth-order valence-corrected chi connectivity index (χ4v) is 5.46. The molecular weight excluding hydrogens is 577 g/mol. The van der Waals surface area contributed by atoms with Crippen LogP contribution in [0.5, 0.6) is 0 Å². The Morgan fingerprint density at radius 3 is 1.73 bits per heavy atom. The lowest BCUT2D eigenvalue weighted by atomic mass is 10.1. The van der Waals surface area contributed by atoms with E-state index in [4.69, 9.17) is 18.5 Å². The fourth-order valence-electron chi connectivity index (χ4n) is 4.72. The average molecular weight is 649 g/mol. The van der Waals surface area contributed by atoms with Crippen molar-refractivity contribution >= 4 is 13.8 Å². The Labute approximate surface area is 271 Å². The fraction of sp³-hybridized carbons (Fsp3) is 0.914. The van der Waals surface area contributed by atoms with Crippen LogP contribution in [0.1, 0.15) is 149 Å². The highest BCUT2D eigenvalue weighted by atomic mass is 31.2. The summed E-state index contributed by atoms with van der Waals surface area (Å²) in [5, 5.41) is 0. The maximum atomic E-state index is 12.5. The first-order valence-electron chi connectivity index (χ1n) is 17.9. The number of hydrogen-bond donors (Lipinski definition) is 1. The van der Waals surface area contributed by atoms with E-state index >= 15 is 0 Å². The van der Waals surface area contributed by atoms with Crippen LogP contribution >= 0.6 is 7.82 Å². The second-order valence-corrected chi connectivity index (χ2v) is 14.7. The van der Waals surface area contributed by atoms with Crippen molar-refractivity contribution in [1.82, 2.24) is 0 Å². The van der Waals surface area contributed by atoms with E-state index in [1.807, 2.05) is 21.1 Å². The van der Waals surface area contributed by atoms with Crippen LogP contribution in [-0.2, 0) is 27.9 Å².